The van der Waals surface area contributed by atoms with Gasteiger partial charge in [-0.25, -0.2) is 0 Å². The summed E-state index contributed by atoms with van der Waals surface area (Å²) in [5.74, 6) is -0.0747. The monoisotopic (exact) mass is 278 g/mol. The molecule has 3 nitrogen and oxygen atoms in total. The molecular formula is C18H18N2O. The van der Waals surface area contributed by atoms with Crippen molar-refractivity contribution >= 4 is 22.5 Å². The molecule has 0 bridgehead atoms. The maximum atomic E-state index is 12.6. The summed E-state index contributed by atoms with van der Waals surface area (Å²) in [6.07, 6.45) is 1.97. The minimum absolute atomic E-state index is 0.0747. The number of aryl methyl sites for hydroxylation is 3. The van der Waals surface area contributed by atoms with Crippen LogP contribution in [0, 0.1) is 13.8 Å². The summed E-state index contributed by atoms with van der Waals surface area (Å²) in [6.45, 7) is 4.05. The number of nitrogens with one attached hydrogen (secondary N) is 1. The van der Waals surface area contributed by atoms with E-state index in [1.165, 1.54) is 5.56 Å². The lowest BCUT2D eigenvalue weighted by atomic mass is 10.1. The third kappa shape index (κ3) is 2.42. The van der Waals surface area contributed by atoms with Gasteiger partial charge in [0.15, 0.2) is 0 Å². The van der Waals surface area contributed by atoms with Gasteiger partial charge in [0, 0.05) is 24.3 Å². The zero-order chi connectivity index (χ0) is 15.0. The first-order valence-corrected chi connectivity index (χ1v) is 6.99. The Kier molecular flexibility index (Phi) is 3.26. The Labute approximate surface area is 124 Å². The van der Waals surface area contributed by atoms with Gasteiger partial charge < -0.3 is 9.88 Å². The zero-order valence-electron chi connectivity index (χ0n) is 12.5. The summed E-state index contributed by atoms with van der Waals surface area (Å²) in [7, 11) is 1.95. The quantitative estimate of drug-likeness (QED) is 0.754. The van der Waals surface area contributed by atoms with Gasteiger partial charge in [-0.05, 0) is 37.6 Å². The topological polar surface area (TPSA) is 34.0 Å². The van der Waals surface area contributed by atoms with Crippen LogP contribution in [0.4, 0.5) is 5.69 Å². The summed E-state index contributed by atoms with van der Waals surface area (Å²) in [5, 5.41) is 4.09. The normalized spacial score (nSPS) is 10.8. The highest BCUT2D eigenvalue weighted by Gasteiger charge is 2.13. The van der Waals surface area contributed by atoms with Gasteiger partial charge in [-0.15, -0.1) is 0 Å². The van der Waals surface area contributed by atoms with Crippen molar-refractivity contribution in [2.45, 2.75) is 13.8 Å². The van der Waals surface area contributed by atoms with E-state index in [1.807, 2.05) is 68.1 Å². The van der Waals surface area contributed by atoms with Crippen LogP contribution in [-0.4, -0.2) is 10.5 Å². The number of benzene rings is 2. The Morgan fingerprint density at radius 3 is 2.67 bits per heavy atom. The van der Waals surface area contributed by atoms with Gasteiger partial charge in [-0.3, -0.25) is 4.79 Å². The molecule has 0 radical (unpaired) electrons. The second-order valence-electron chi connectivity index (χ2n) is 5.44. The fraction of sp³-hybridized carbons (Fsp3) is 0.167. The van der Waals surface area contributed by atoms with Crippen LogP contribution in [-0.2, 0) is 7.05 Å². The van der Waals surface area contributed by atoms with Crippen molar-refractivity contribution in [3.05, 3.63) is 65.4 Å². The van der Waals surface area contributed by atoms with Gasteiger partial charge in [-0.1, -0.05) is 29.8 Å². The molecule has 0 fully saturated rings. The molecule has 0 unspecified atom stereocenters. The Bertz CT molecular complexity index is 830. The molecule has 21 heavy (non-hydrogen) atoms. The van der Waals surface area contributed by atoms with Crippen LogP contribution in [0.1, 0.15) is 21.5 Å². The fourth-order valence-electron chi connectivity index (χ4n) is 2.68. The van der Waals surface area contributed by atoms with Crippen molar-refractivity contribution in [3.8, 4) is 0 Å². The number of carbonyl (C=O) groups is 1. The van der Waals surface area contributed by atoms with Crippen molar-refractivity contribution in [1.29, 1.82) is 0 Å². The minimum Gasteiger partial charge on any atom is -0.350 e. The molecule has 1 N–H and O–H groups in total. The summed E-state index contributed by atoms with van der Waals surface area (Å²) in [6, 6.07) is 13.8. The molecule has 1 heterocycles. The minimum atomic E-state index is -0.0747. The predicted octanol–water partition coefficient (Wildman–Crippen LogP) is 4.05. The van der Waals surface area contributed by atoms with E-state index in [9.17, 15) is 4.79 Å². The zero-order valence-corrected chi connectivity index (χ0v) is 12.5. The van der Waals surface area contributed by atoms with Gasteiger partial charge in [0.25, 0.3) is 5.91 Å². The Balaban J connectivity index is 1.99. The second-order valence-corrected chi connectivity index (χ2v) is 5.44. The van der Waals surface area contributed by atoms with E-state index in [1.54, 1.807) is 0 Å². The first-order valence-electron chi connectivity index (χ1n) is 6.99. The van der Waals surface area contributed by atoms with Crippen LogP contribution < -0.4 is 5.32 Å². The molecule has 0 spiro atoms. The predicted molar refractivity (Wildman–Crippen MR) is 86.8 cm³/mol. The molecular weight excluding hydrogens is 260 g/mol. The van der Waals surface area contributed by atoms with E-state index in [2.05, 4.69) is 11.4 Å². The van der Waals surface area contributed by atoms with E-state index in [-0.39, 0.29) is 5.91 Å². The third-order valence-corrected chi connectivity index (χ3v) is 3.77. The van der Waals surface area contributed by atoms with Crippen LogP contribution >= 0.6 is 0 Å². The summed E-state index contributed by atoms with van der Waals surface area (Å²) < 4.78 is 1.98. The molecule has 0 saturated carbocycles. The number of fused-ring (bicyclic) bond motifs is 1. The highest BCUT2D eigenvalue weighted by molar-refractivity contribution is 6.12. The van der Waals surface area contributed by atoms with Gasteiger partial charge in [0.05, 0.1) is 11.1 Å². The van der Waals surface area contributed by atoms with E-state index in [4.69, 9.17) is 0 Å². The SMILES string of the molecule is Cc1ccc(NC(=O)c2cccc3ccn(C)c23)c(C)c1. The number of aromatic nitrogens is 1. The molecule has 1 amide bonds. The lowest BCUT2D eigenvalue weighted by Gasteiger charge is -2.10. The first kappa shape index (κ1) is 13.4. The van der Waals surface area contributed by atoms with E-state index < -0.39 is 0 Å². The van der Waals surface area contributed by atoms with Crippen molar-refractivity contribution in [3.63, 3.8) is 0 Å². The number of rotatable bonds is 2. The largest absolute Gasteiger partial charge is 0.350 e. The van der Waals surface area contributed by atoms with Crippen molar-refractivity contribution < 1.29 is 4.79 Å². The Hall–Kier alpha value is -2.55. The van der Waals surface area contributed by atoms with Gasteiger partial charge in [0.2, 0.25) is 0 Å². The van der Waals surface area contributed by atoms with Gasteiger partial charge in [0.1, 0.15) is 0 Å². The number of para-hydroxylation sites is 1. The van der Waals surface area contributed by atoms with Crippen LogP contribution in [0.2, 0.25) is 0 Å². The van der Waals surface area contributed by atoms with Crippen molar-refractivity contribution in [2.24, 2.45) is 7.05 Å². The maximum Gasteiger partial charge on any atom is 0.257 e. The molecule has 3 aromatic rings. The number of hydrogen-bond acceptors (Lipinski definition) is 1. The number of anilines is 1. The maximum absolute atomic E-state index is 12.6. The third-order valence-electron chi connectivity index (χ3n) is 3.77. The molecule has 3 rings (SSSR count). The van der Waals surface area contributed by atoms with E-state index >= 15 is 0 Å². The summed E-state index contributed by atoms with van der Waals surface area (Å²) in [4.78, 5) is 12.6. The number of carbonyl (C=O) groups excluding carboxylic acids is 1. The average molecular weight is 278 g/mol. The van der Waals surface area contributed by atoms with Crippen LogP contribution in [0.5, 0.6) is 0 Å². The molecule has 0 aliphatic heterocycles. The van der Waals surface area contributed by atoms with Crippen LogP contribution in [0.15, 0.2) is 48.7 Å². The smallest absolute Gasteiger partial charge is 0.257 e. The molecule has 106 valence electrons. The molecule has 0 aliphatic rings. The molecule has 3 heteroatoms. The molecule has 0 atom stereocenters. The van der Waals surface area contributed by atoms with Gasteiger partial charge >= 0.3 is 0 Å². The molecule has 1 aromatic heterocycles. The van der Waals surface area contributed by atoms with E-state index in [0.717, 1.165) is 22.2 Å². The number of nitrogens with zero attached hydrogens (tertiary/aromatic N) is 1. The molecule has 2 aromatic carbocycles. The Morgan fingerprint density at radius 2 is 1.90 bits per heavy atom. The summed E-state index contributed by atoms with van der Waals surface area (Å²) in [5.41, 5.74) is 4.77. The lowest BCUT2D eigenvalue weighted by molar-refractivity contribution is 0.102. The fourth-order valence-corrected chi connectivity index (χ4v) is 2.68. The standard InChI is InChI=1S/C18H18N2O/c1-12-7-8-16(13(2)11-12)19-18(21)15-6-4-5-14-9-10-20(3)17(14)15/h4-11H,1-3H3,(H,19,21). The first-order chi connectivity index (χ1) is 10.1. The molecule has 0 saturated heterocycles. The Morgan fingerprint density at radius 1 is 1.10 bits per heavy atom. The van der Waals surface area contributed by atoms with Crippen LogP contribution in [0.3, 0.4) is 0 Å². The van der Waals surface area contributed by atoms with E-state index in [0.29, 0.717) is 5.56 Å². The van der Waals surface area contributed by atoms with Crippen LogP contribution in [0.25, 0.3) is 10.9 Å². The van der Waals surface area contributed by atoms with Crippen molar-refractivity contribution in [1.82, 2.24) is 4.57 Å². The highest BCUT2D eigenvalue weighted by atomic mass is 16.1. The second kappa shape index (κ2) is 5.09. The lowest BCUT2D eigenvalue weighted by Crippen LogP contribution is -2.14. The highest BCUT2D eigenvalue weighted by Crippen LogP contribution is 2.22. The number of amides is 1. The summed E-state index contributed by atoms with van der Waals surface area (Å²) >= 11 is 0. The van der Waals surface area contributed by atoms with Crippen molar-refractivity contribution in [2.75, 3.05) is 5.32 Å². The average Bonchev–Trinajstić information content (AvgIpc) is 2.84. The van der Waals surface area contributed by atoms with Gasteiger partial charge in [-0.2, -0.15) is 0 Å². The molecule has 0 aliphatic carbocycles. The number of hydrogen-bond donors (Lipinski definition) is 1.